The molecule has 0 radical (unpaired) electrons. The Hall–Kier alpha value is -3.09. The van der Waals surface area contributed by atoms with E-state index in [2.05, 4.69) is 34.1 Å². The average Bonchev–Trinajstić information content (AvgIpc) is 2.81. The monoisotopic (exact) mass is 441 g/mol. The molecule has 2 aromatic rings. The molecule has 0 bridgehead atoms. The molecule has 0 N–H and O–H groups in total. The van der Waals surface area contributed by atoms with Gasteiger partial charge in [-0.2, -0.15) is 13.2 Å². The molecule has 0 unspecified atom stereocenters. The SMILES string of the molecule is CCC(=C1CCC(N2C=CN=CC2)CC1)c1cccc(Oc2ccc(C(F)(F)F)cn2)c1. The standard InChI is InChI=1S/C25H26F3N3O/c1-2-23(18-6-9-21(10-7-18)31-14-12-29-13-15-31)19-4-3-5-22(16-19)32-24-11-8-20(17-30-24)25(26,27)28/h3-5,8,11-14,16-17,21H,2,6-7,9-10,15H2,1H3. The summed E-state index contributed by atoms with van der Waals surface area (Å²) in [5.41, 5.74) is 3.10. The van der Waals surface area contributed by atoms with Gasteiger partial charge in [-0.15, -0.1) is 0 Å². The van der Waals surface area contributed by atoms with Crippen molar-refractivity contribution in [3.05, 3.63) is 71.7 Å². The van der Waals surface area contributed by atoms with Crippen LogP contribution < -0.4 is 4.74 Å². The van der Waals surface area contributed by atoms with E-state index in [0.717, 1.165) is 56.5 Å². The molecule has 1 aliphatic heterocycles. The topological polar surface area (TPSA) is 37.7 Å². The molecule has 2 aliphatic rings. The van der Waals surface area contributed by atoms with Crippen molar-refractivity contribution >= 4 is 11.8 Å². The van der Waals surface area contributed by atoms with E-state index in [4.69, 9.17) is 4.74 Å². The lowest BCUT2D eigenvalue weighted by Crippen LogP contribution is -2.35. The number of alkyl halides is 3. The first kappa shape index (κ1) is 22.1. The normalized spacial score (nSPS) is 18.7. The average molecular weight is 441 g/mol. The van der Waals surface area contributed by atoms with Gasteiger partial charge in [0.2, 0.25) is 5.88 Å². The highest BCUT2D eigenvalue weighted by molar-refractivity contribution is 5.70. The number of hydrogen-bond donors (Lipinski definition) is 0. The molecule has 2 heterocycles. The molecule has 32 heavy (non-hydrogen) atoms. The van der Waals surface area contributed by atoms with Gasteiger partial charge in [0, 0.05) is 36.9 Å². The number of benzene rings is 1. The predicted octanol–water partition coefficient (Wildman–Crippen LogP) is 6.86. The first-order valence-electron chi connectivity index (χ1n) is 10.9. The summed E-state index contributed by atoms with van der Waals surface area (Å²) in [7, 11) is 0. The maximum atomic E-state index is 12.7. The van der Waals surface area contributed by atoms with Crippen molar-refractivity contribution in [2.24, 2.45) is 4.99 Å². The molecule has 1 fully saturated rings. The molecule has 0 saturated heterocycles. The summed E-state index contributed by atoms with van der Waals surface area (Å²) in [6.07, 6.45) is 7.51. The van der Waals surface area contributed by atoms with E-state index in [1.165, 1.54) is 17.2 Å². The van der Waals surface area contributed by atoms with E-state index in [9.17, 15) is 13.2 Å². The van der Waals surface area contributed by atoms with Crippen molar-refractivity contribution in [2.45, 2.75) is 51.2 Å². The minimum Gasteiger partial charge on any atom is -0.439 e. The van der Waals surface area contributed by atoms with Crippen molar-refractivity contribution < 1.29 is 17.9 Å². The number of hydrogen-bond acceptors (Lipinski definition) is 4. The van der Waals surface area contributed by atoms with Gasteiger partial charge in [0.05, 0.1) is 12.1 Å². The summed E-state index contributed by atoms with van der Waals surface area (Å²) < 4.78 is 43.9. The number of halogens is 3. The number of aliphatic imine (C=N–C) groups is 1. The molecule has 0 amide bonds. The van der Waals surface area contributed by atoms with Crippen molar-refractivity contribution in [1.82, 2.24) is 9.88 Å². The van der Waals surface area contributed by atoms with Crippen LogP contribution in [0.15, 0.2) is 65.6 Å². The highest BCUT2D eigenvalue weighted by atomic mass is 19.4. The second-order valence-corrected chi connectivity index (χ2v) is 8.01. The molecule has 4 nitrogen and oxygen atoms in total. The van der Waals surface area contributed by atoms with Gasteiger partial charge in [0.1, 0.15) is 5.75 Å². The molecular formula is C25H26F3N3O. The Morgan fingerprint density at radius 1 is 1.16 bits per heavy atom. The van der Waals surface area contributed by atoms with Gasteiger partial charge in [0.25, 0.3) is 0 Å². The third kappa shape index (κ3) is 5.21. The first-order valence-corrected chi connectivity index (χ1v) is 10.9. The zero-order valence-electron chi connectivity index (χ0n) is 18.0. The van der Waals surface area contributed by atoms with E-state index < -0.39 is 11.7 Å². The second kappa shape index (κ2) is 9.59. The Morgan fingerprint density at radius 2 is 1.97 bits per heavy atom. The summed E-state index contributed by atoms with van der Waals surface area (Å²) in [6, 6.07) is 10.5. The lowest BCUT2D eigenvalue weighted by molar-refractivity contribution is -0.137. The van der Waals surface area contributed by atoms with Crippen LogP contribution in [-0.2, 0) is 6.18 Å². The van der Waals surface area contributed by atoms with E-state index >= 15 is 0 Å². The van der Waals surface area contributed by atoms with Crippen LogP contribution in [0.2, 0.25) is 0 Å². The molecule has 7 heteroatoms. The van der Waals surface area contributed by atoms with E-state index in [0.29, 0.717) is 11.8 Å². The van der Waals surface area contributed by atoms with Gasteiger partial charge in [-0.05, 0) is 61.4 Å². The van der Waals surface area contributed by atoms with Gasteiger partial charge >= 0.3 is 6.18 Å². The fraction of sp³-hybridized carbons (Fsp3) is 0.360. The van der Waals surface area contributed by atoms with Crippen LogP contribution in [0.5, 0.6) is 11.6 Å². The number of allylic oxidation sites excluding steroid dienone is 2. The van der Waals surface area contributed by atoms with Gasteiger partial charge in [0.15, 0.2) is 0 Å². The minimum absolute atomic E-state index is 0.138. The molecule has 1 aliphatic carbocycles. The van der Waals surface area contributed by atoms with Crippen LogP contribution in [0.1, 0.15) is 50.2 Å². The fourth-order valence-electron chi connectivity index (χ4n) is 4.38. The summed E-state index contributed by atoms with van der Waals surface area (Å²) in [6.45, 7) is 3.03. The van der Waals surface area contributed by atoms with Crippen LogP contribution in [0.25, 0.3) is 5.57 Å². The molecule has 0 spiro atoms. The van der Waals surface area contributed by atoms with Crippen LogP contribution in [0.4, 0.5) is 13.2 Å². The summed E-state index contributed by atoms with van der Waals surface area (Å²) >= 11 is 0. The Morgan fingerprint density at radius 3 is 2.59 bits per heavy atom. The van der Waals surface area contributed by atoms with E-state index in [-0.39, 0.29) is 5.88 Å². The van der Waals surface area contributed by atoms with Crippen molar-refractivity contribution in [1.29, 1.82) is 0 Å². The Bertz CT molecular complexity index is 1020. The highest BCUT2D eigenvalue weighted by Crippen LogP contribution is 2.36. The molecule has 1 aromatic heterocycles. The maximum Gasteiger partial charge on any atom is 0.417 e. The van der Waals surface area contributed by atoms with Crippen LogP contribution in [0, 0.1) is 0 Å². The quantitative estimate of drug-likeness (QED) is 0.509. The van der Waals surface area contributed by atoms with Crippen molar-refractivity contribution in [3.8, 4) is 11.6 Å². The highest BCUT2D eigenvalue weighted by Gasteiger charge is 2.30. The lowest BCUT2D eigenvalue weighted by Gasteiger charge is -2.35. The first-order chi connectivity index (χ1) is 15.4. The maximum absolute atomic E-state index is 12.7. The fourth-order valence-corrected chi connectivity index (χ4v) is 4.38. The third-order valence-corrected chi connectivity index (χ3v) is 6.02. The van der Waals surface area contributed by atoms with Crippen LogP contribution in [-0.4, -0.2) is 28.7 Å². The molecule has 4 rings (SSSR count). The molecular weight excluding hydrogens is 415 g/mol. The Labute approximate surface area is 186 Å². The molecule has 168 valence electrons. The molecule has 1 aromatic carbocycles. The minimum atomic E-state index is -4.41. The zero-order chi connectivity index (χ0) is 22.6. The number of pyridine rings is 1. The van der Waals surface area contributed by atoms with Gasteiger partial charge in [-0.1, -0.05) is 24.6 Å². The molecule has 0 atom stereocenters. The number of nitrogens with zero attached hydrogens (tertiary/aromatic N) is 3. The molecule has 1 saturated carbocycles. The third-order valence-electron chi connectivity index (χ3n) is 6.02. The second-order valence-electron chi connectivity index (χ2n) is 8.01. The predicted molar refractivity (Wildman–Crippen MR) is 120 cm³/mol. The van der Waals surface area contributed by atoms with Gasteiger partial charge < -0.3 is 9.64 Å². The largest absolute Gasteiger partial charge is 0.439 e. The van der Waals surface area contributed by atoms with E-state index in [1.54, 1.807) is 6.07 Å². The van der Waals surface area contributed by atoms with Crippen molar-refractivity contribution in [2.75, 3.05) is 6.54 Å². The smallest absolute Gasteiger partial charge is 0.417 e. The van der Waals surface area contributed by atoms with Crippen molar-refractivity contribution in [3.63, 3.8) is 0 Å². The van der Waals surface area contributed by atoms with E-state index in [1.807, 2.05) is 24.5 Å². The summed E-state index contributed by atoms with van der Waals surface area (Å²) in [4.78, 5) is 10.3. The van der Waals surface area contributed by atoms with Crippen LogP contribution in [0.3, 0.4) is 0 Å². The number of ether oxygens (including phenoxy) is 1. The number of aromatic nitrogens is 1. The zero-order valence-corrected chi connectivity index (χ0v) is 18.0. The Kier molecular flexibility index (Phi) is 6.63. The summed E-state index contributed by atoms with van der Waals surface area (Å²) in [5.74, 6) is 0.701. The van der Waals surface area contributed by atoms with Gasteiger partial charge in [-0.3, -0.25) is 4.99 Å². The lowest BCUT2D eigenvalue weighted by atomic mass is 9.84. The van der Waals surface area contributed by atoms with Crippen LogP contribution >= 0.6 is 0 Å². The van der Waals surface area contributed by atoms with Gasteiger partial charge in [-0.25, -0.2) is 4.98 Å². The Balaban J connectivity index is 1.46. The number of rotatable bonds is 5. The summed E-state index contributed by atoms with van der Waals surface area (Å²) in [5, 5.41) is 0.